The molecular weight excluding hydrogens is 272 g/mol. The van der Waals surface area contributed by atoms with Crippen LogP contribution in [0.3, 0.4) is 0 Å². The number of carbonyl (C=O) groups excluding carboxylic acids is 1. The number of aromatic carboxylic acids is 1. The van der Waals surface area contributed by atoms with E-state index in [2.05, 4.69) is 4.74 Å². The Balaban J connectivity index is 3.15. The molecule has 110 valence electrons. The minimum atomic E-state index is -1.99. The number of benzene rings is 1. The summed E-state index contributed by atoms with van der Waals surface area (Å²) in [4.78, 5) is 22.1. The van der Waals surface area contributed by atoms with Crippen LogP contribution in [0, 0.1) is 0 Å². The number of aliphatic hydroxyl groups excluding tert-OH is 2. The van der Waals surface area contributed by atoms with Crippen molar-refractivity contribution in [3.63, 3.8) is 0 Å². The van der Waals surface area contributed by atoms with Crippen LogP contribution in [-0.2, 0) is 9.53 Å². The third-order valence-corrected chi connectivity index (χ3v) is 2.52. The molecule has 5 N–H and O–H groups in total. The summed E-state index contributed by atoms with van der Waals surface area (Å²) in [5.41, 5.74) is -1.01. The standard InChI is InChI=1S/C12H14O8/c1-2-20-12(19)10(16)9(15)5-3-6(11(17)18)8(14)4-7(5)13/h3-4,9-10,13-16H,2H2,1H3,(H,17,18). The van der Waals surface area contributed by atoms with Gasteiger partial charge >= 0.3 is 11.9 Å². The average Bonchev–Trinajstić information content (AvgIpc) is 2.37. The maximum atomic E-state index is 11.3. The van der Waals surface area contributed by atoms with Gasteiger partial charge in [-0.1, -0.05) is 0 Å². The largest absolute Gasteiger partial charge is 0.507 e. The molecule has 0 aromatic heterocycles. The summed E-state index contributed by atoms with van der Waals surface area (Å²) in [5.74, 6) is -3.99. The van der Waals surface area contributed by atoms with E-state index < -0.39 is 46.8 Å². The fourth-order valence-corrected chi connectivity index (χ4v) is 1.53. The van der Waals surface area contributed by atoms with E-state index in [9.17, 15) is 30.0 Å². The Hall–Kier alpha value is -2.32. The average molecular weight is 286 g/mol. The lowest BCUT2D eigenvalue weighted by Crippen LogP contribution is -2.30. The van der Waals surface area contributed by atoms with Crippen molar-refractivity contribution in [1.82, 2.24) is 0 Å². The molecule has 2 atom stereocenters. The Kier molecular flexibility index (Phi) is 4.89. The summed E-state index contributed by atoms with van der Waals surface area (Å²) >= 11 is 0. The van der Waals surface area contributed by atoms with Crippen LogP contribution < -0.4 is 0 Å². The van der Waals surface area contributed by atoms with Crippen molar-refractivity contribution in [2.24, 2.45) is 0 Å². The van der Waals surface area contributed by atoms with Crippen LogP contribution in [0.15, 0.2) is 12.1 Å². The number of phenols is 2. The molecule has 2 unspecified atom stereocenters. The molecule has 0 spiro atoms. The Morgan fingerprint density at radius 1 is 1.20 bits per heavy atom. The highest BCUT2D eigenvalue weighted by molar-refractivity contribution is 5.91. The number of phenolic OH excluding ortho intramolecular Hbond substituents is 1. The van der Waals surface area contributed by atoms with Crippen LogP contribution in [0.5, 0.6) is 11.5 Å². The van der Waals surface area contributed by atoms with E-state index in [0.717, 1.165) is 6.07 Å². The molecule has 1 rings (SSSR count). The summed E-state index contributed by atoms with van der Waals surface area (Å²) in [6.45, 7) is 1.47. The molecule has 8 nitrogen and oxygen atoms in total. The maximum absolute atomic E-state index is 11.3. The molecule has 8 heteroatoms. The first-order chi connectivity index (χ1) is 9.29. The van der Waals surface area contributed by atoms with Crippen LogP contribution >= 0.6 is 0 Å². The Morgan fingerprint density at radius 2 is 1.80 bits per heavy atom. The van der Waals surface area contributed by atoms with Gasteiger partial charge in [-0.25, -0.2) is 9.59 Å². The second-order valence-electron chi connectivity index (χ2n) is 3.88. The van der Waals surface area contributed by atoms with Crippen molar-refractivity contribution >= 4 is 11.9 Å². The molecule has 20 heavy (non-hydrogen) atoms. The van der Waals surface area contributed by atoms with Gasteiger partial charge < -0.3 is 30.3 Å². The molecule has 0 fully saturated rings. The predicted octanol–water partition coefficient (Wildman–Crippen LogP) is -0.247. The van der Waals surface area contributed by atoms with Crippen LogP contribution in [0.1, 0.15) is 28.9 Å². The van der Waals surface area contributed by atoms with Crippen LogP contribution in [-0.4, -0.2) is 50.2 Å². The minimum Gasteiger partial charge on any atom is -0.507 e. The zero-order valence-electron chi connectivity index (χ0n) is 10.5. The van der Waals surface area contributed by atoms with Gasteiger partial charge in [-0.05, 0) is 13.0 Å². The van der Waals surface area contributed by atoms with Gasteiger partial charge in [-0.15, -0.1) is 0 Å². The number of carbonyl (C=O) groups is 2. The number of hydrogen-bond donors (Lipinski definition) is 5. The maximum Gasteiger partial charge on any atom is 0.339 e. The highest BCUT2D eigenvalue weighted by Gasteiger charge is 2.30. The first-order valence-electron chi connectivity index (χ1n) is 5.61. The number of aromatic hydroxyl groups is 2. The predicted molar refractivity (Wildman–Crippen MR) is 64.3 cm³/mol. The van der Waals surface area contributed by atoms with Crippen molar-refractivity contribution in [2.75, 3.05) is 6.61 Å². The number of rotatable bonds is 5. The van der Waals surface area contributed by atoms with Crippen LogP contribution in [0.2, 0.25) is 0 Å². The molecule has 0 amide bonds. The number of carboxylic acids is 1. The molecule has 0 aliphatic heterocycles. The first kappa shape index (κ1) is 15.7. The monoisotopic (exact) mass is 286 g/mol. The number of hydrogen-bond acceptors (Lipinski definition) is 7. The van der Waals surface area contributed by atoms with E-state index in [4.69, 9.17) is 5.11 Å². The molecule has 0 bridgehead atoms. The number of aliphatic hydroxyl groups is 2. The molecular formula is C12H14O8. The van der Waals surface area contributed by atoms with Crippen LogP contribution in [0.25, 0.3) is 0 Å². The van der Waals surface area contributed by atoms with Gasteiger partial charge in [0.15, 0.2) is 6.10 Å². The number of ether oxygens (including phenoxy) is 1. The highest BCUT2D eigenvalue weighted by Crippen LogP contribution is 2.33. The SMILES string of the molecule is CCOC(=O)C(O)C(O)c1cc(C(=O)O)c(O)cc1O. The summed E-state index contributed by atoms with van der Waals surface area (Å²) < 4.78 is 4.49. The Morgan fingerprint density at radius 3 is 2.30 bits per heavy atom. The highest BCUT2D eigenvalue weighted by atomic mass is 16.5. The van der Waals surface area contributed by atoms with Gasteiger partial charge in [0.1, 0.15) is 23.2 Å². The smallest absolute Gasteiger partial charge is 0.339 e. The topological polar surface area (TPSA) is 145 Å². The molecule has 0 saturated heterocycles. The van der Waals surface area contributed by atoms with E-state index in [-0.39, 0.29) is 6.61 Å². The third kappa shape index (κ3) is 3.16. The molecule has 0 radical (unpaired) electrons. The van der Waals surface area contributed by atoms with Crippen molar-refractivity contribution < 1.29 is 39.9 Å². The van der Waals surface area contributed by atoms with Crippen LogP contribution in [0.4, 0.5) is 0 Å². The van der Waals surface area contributed by atoms with Crippen molar-refractivity contribution in [2.45, 2.75) is 19.1 Å². The third-order valence-electron chi connectivity index (χ3n) is 2.52. The lowest BCUT2D eigenvalue weighted by Gasteiger charge is -2.18. The van der Waals surface area contributed by atoms with Gasteiger partial charge in [0, 0.05) is 11.6 Å². The van der Waals surface area contributed by atoms with E-state index in [1.165, 1.54) is 6.92 Å². The number of esters is 1. The Bertz CT molecular complexity index is 524. The van der Waals surface area contributed by atoms with Crippen molar-refractivity contribution in [3.8, 4) is 11.5 Å². The van der Waals surface area contributed by atoms with E-state index >= 15 is 0 Å². The molecule has 0 heterocycles. The van der Waals surface area contributed by atoms with Gasteiger partial charge in [-0.3, -0.25) is 0 Å². The minimum absolute atomic E-state index is 0.0233. The second kappa shape index (κ2) is 6.22. The molecule has 0 saturated carbocycles. The molecule has 1 aromatic carbocycles. The van der Waals surface area contributed by atoms with Crippen molar-refractivity contribution in [1.29, 1.82) is 0 Å². The summed E-state index contributed by atoms with van der Waals surface area (Å²) in [6, 6.07) is 1.46. The normalized spacial score (nSPS) is 13.6. The van der Waals surface area contributed by atoms with E-state index in [1.54, 1.807) is 0 Å². The van der Waals surface area contributed by atoms with E-state index in [1.807, 2.05) is 0 Å². The van der Waals surface area contributed by atoms with Gasteiger partial charge in [0.2, 0.25) is 0 Å². The fraction of sp³-hybridized carbons (Fsp3) is 0.333. The lowest BCUT2D eigenvalue weighted by molar-refractivity contribution is -0.159. The molecule has 0 aliphatic rings. The molecule has 0 aliphatic carbocycles. The summed E-state index contributed by atoms with van der Waals surface area (Å²) in [6.07, 6.45) is -3.89. The van der Waals surface area contributed by atoms with Gasteiger partial charge in [-0.2, -0.15) is 0 Å². The zero-order valence-corrected chi connectivity index (χ0v) is 10.5. The van der Waals surface area contributed by atoms with Gasteiger partial charge in [0.05, 0.1) is 6.61 Å². The second-order valence-corrected chi connectivity index (χ2v) is 3.88. The first-order valence-corrected chi connectivity index (χ1v) is 5.61. The van der Waals surface area contributed by atoms with E-state index in [0.29, 0.717) is 6.07 Å². The fourth-order valence-electron chi connectivity index (χ4n) is 1.53. The zero-order chi connectivity index (χ0) is 15.4. The quantitative estimate of drug-likeness (QED) is 0.466. The summed E-state index contributed by atoms with van der Waals surface area (Å²) in [5, 5.41) is 47.0. The number of carboxylic acid groups (broad SMARTS) is 1. The van der Waals surface area contributed by atoms with Crippen molar-refractivity contribution in [3.05, 3.63) is 23.3 Å². The lowest BCUT2D eigenvalue weighted by atomic mass is 10.00. The molecule has 1 aromatic rings. The summed E-state index contributed by atoms with van der Waals surface area (Å²) in [7, 11) is 0. The van der Waals surface area contributed by atoms with Gasteiger partial charge in [0.25, 0.3) is 0 Å². The Labute approximate surface area is 113 Å².